The molecule has 35 heavy (non-hydrogen) atoms. The van der Waals surface area contributed by atoms with Crippen LogP contribution in [-0.4, -0.2) is 26.8 Å². The summed E-state index contributed by atoms with van der Waals surface area (Å²) in [4.78, 5) is 18.8. The number of nitrogens with zero attached hydrogens (tertiary/aromatic N) is 4. The normalized spacial score (nSPS) is 15.3. The first-order valence-electron chi connectivity index (χ1n) is 11.2. The monoisotopic (exact) mass is 502 g/mol. The number of benzene rings is 2. The van der Waals surface area contributed by atoms with Crippen molar-refractivity contribution >= 4 is 23.4 Å². The lowest BCUT2D eigenvalue weighted by atomic mass is 10.0. The lowest BCUT2D eigenvalue weighted by Gasteiger charge is -2.30. The maximum Gasteiger partial charge on any atom is 0.416 e. The van der Waals surface area contributed by atoms with E-state index >= 15 is 0 Å². The first-order valence-corrected chi connectivity index (χ1v) is 12.2. The van der Waals surface area contributed by atoms with Crippen LogP contribution in [0.25, 0.3) is 11.3 Å². The van der Waals surface area contributed by atoms with Gasteiger partial charge in [0.05, 0.1) is 11.3 Å². The Bertz CT molecular complexity index is 1230. The van der Waals surface area contributed by atoms with Gasteiger partial charge in [0.25, 0.3) is 0 Å². The smallest absolute Gasteiger partial charge is 0.416 e. The lowest BCUT2D eigenvalue weighted by molar-refractivity contribution is -0.137. The molecule has 0 spiro atoms. The zero-order valence-corrected chi connectivity index (χ0v) is 20.6. The highest BCUT2D eigenvalue weighted by molar-refractivity contribution is 7.99. The van der Waals surface area contributed by atoms with E-state index in [-0.39, 0.29) is 11.8 Å². The summed E-state index contributed by atoms with van der Waals surface area (Å²) in [5.41, 5.74) is 2.03. The summed E-state index contributed by atoms with van der Waals surface area (Å²) >= 11 is 1.45. The Morgan fingerprint density at radius 2 is 1.86 bits per heavy atom. The predicted octanol–water partition coefficient (Wildman–Crippen LogP) is 6.45. The molecule has 10 heteroatoms. The van der Waals surface area contributed by atoms with Crippen LogP contribution in [0, 0.1) is 12.8 Å². The van der Waals surface area contributed by atoms with Crippen LogP contribution in [-0.2, 0) is 11.0 Å². The van der Waals surface area contributed by atoms with Crippen LogP contribution in [0.15, 0.2) is 47.6 Å². The zero-order chi connectivity index (χ0) is 25.3. The van der Waals surface area contributed by atoms with Crippen molar-refractivity contribution in [3.8, 4) is 17.1 Å². The van der Waals surface area contributed by atoms with Crippen molar-refractivity contribution in [3.63, 3.8) is 0 Å². The van der Waals surface area contributed by atoms with Gasteiger partial charge in [-0.25, -0.2) is 0 Å². The van der Waals surface area contributed by atoms with E-state index in [0.717, 1.165) is 29.9 Å². The van der Waals surface area contributed by atoms with Crippen molar-refractivity contribution in [2.24, 2.45) is 5.92 Å². The summed E-state index contributed by atoms with van der Waals surface area (Å²) in [6.45, 7) is 7.55. The summed E-state index contributed by atoms with van der Waals surface area (Å²) < 4.78 is 45.6. The molecule has 0 bridgehead atoms. The Hall–Kier alpha value is -3.14. The fourth-order valence-corrected chi connectivity index (χ4v) is 4.74. The third-order valence-corrected chi connectivity index (χ3v) is 6.42. The number of aryl methyl sites for hydroxylation is 1. The number of fused-ring (bicyclic) bond motifs is 3. The van der Waals surface area contributed by atoms with Crippen LogP contribution in [0.4, 0.5) is 18.9 Å². The highest BCUT2D eigenvalue weighted by atomic mass is 32.2. The molecule has 0 N–H and O–H groups in total. The molecule has 0 saturated heterocycles. The highest BCUT2D eigenvalue weighted by Crippen LogP contribution is 2.44. The number of carbonyl (C=O) groups is 1. The van der Waals surface area contributed by atoms with E-state index in [0.29, 0.717) is 33.6 Å². The number of hydrogen-bond donors (Lipinski definition) is 0. The second kappa shape index (κ2) is 9.85. The van der Waals surface area contributed by atoms with Crippen LogP contribution in [0.2, 0.25) is 0 Å². The molecule has 1 aromatic heterocycles. The molecule has 1 aliphatic heterocycles. The van der Waals surface area contributed by atoms with E-state index in [2.05, 4.69) is 29.0 Å². The van der Waals surface area contributed by atoms with Crippen molar-refractivity contribution in [3.05, 3.63) is 59.2 Å². The average Bonchev–Trinajstić information content (AvgIpc) is 2.92. The topological polar surface area (TPSA) is 68.2 Å². The fourth-order valence-electron chi connectivity index (χ4n) is 3.72. The summed E-state index contributed by atoms with van der Waals surface area (Å²) in [5.74, 6) is 1.16. The Morgan fingerprint density at radius 1 is 1.14 bits per heavy atom. The van der Waals surface area contributed by atoms with Gasteiger partial charge in [0.2, 0.25) is 23.2 Å². The molecule has 0 aliphatic carbocycles. The maximum atomic E-state index is 13.1. The van der Waals surface area contributed by atoms with Gasteiger partial charge < -0.3 is 4.74 Å². The van der Waals surface area contributed by atoms with Crippen LogP contribution in [0.3, 0.4) is 0 Å². The molecule has 184 valence electrons. The number of thioether (sulfide) groups is 1. The minimum absolute atomic E-state index is 0.174. The van der Waals surface area contributed by atoms with E-state index in [1.807, 2.05) is 19.1 Å². The Kier molecular flexibility index (Phi) is 7.02. The number of hydrogen-bond acceptors (Lipinski definition) is 6. The van der Waals surface area contributed by atoms with Crippen LogP contribution in [0.5, 0.6) is 5.88 Å². The van der Waals surface area contributed by atoms with E-state index in [9.17, 15) is 18.0 Å². The van der Waals surface area contributed by atoms with Gasteiger partial charge in [-0.1, -0.05) is 49.4 Å². The van der Waals surface area contributed by atoms with Crippen LogP contribution >= 0.6 is 11.8 Å². The molecule has 6 nitrogen and oxygen atoms in total. The molecule has 4 rings (SSSR count). The van der Waals surface area contributed by atoms with Crippen molar-refractivity contribution in [2.75, 3.05) is 10.7 Å². The molecular weight excluding hydrogens is 477 g/mol. The quantitative estimate of drug-likeness (QED) is 0.374. The van der Waals surface area contributed by atoms with E-state index in [1.54, 1.807) is 6.07 Å². The van der Waals surface area contributed by atoms with Gasteiger partial charge in [0, 0.05) is 23.8 Å². The Labute approximate surface area is 205 Å². The predicted molar refractivity (Wildman–Crippen MR) is 128 cm³/mol. The summed E-state index contributed by atoms with van der Waals surface area (Å²) in [6, 6.07) is 10.1. The number of anilines is 1. The Balaban J connectivity index is 1.82. The molecule has 2 aromatic carbocycles. The number of alkyl halides is 3. The third-order valence-electron chi connectivity index (χ3n) is 5.55. The molecule has 1 amide bonds. The number of aromatic nitrogens is 3. The van der Waals surface area contributed by atoms with Gasteiger partial charge in [0.15, 0.2) is 5.69 Å². The molecule has 0 unspecified atom stereocenters. The summed E-state index contributed by atoms with van der Waals surface area (Å²) in [6.07, 6.45) is -4.54. The van der Waals surface area contributed by atoms with Gasteiger partial charge in [0.1, 0.15) is 0 Å². The van der Waals surface area contributed by atoms with Crippen LogP contribution < -0.4 is 9.64 Å². The molecule has 1 atom stereocenters. The van der Waals surface area contributed by atoms with Crippen molar-refractivity contribution in [1.82, 2.24) is 15.2 Å². The number of carbonyl (C=O) groups excluding carboxylic acids is 1. The van der Waals surface area contributed by atoms with Crippen molar-refractivity contribution in [2.45, 2.75) is 51.7 Å². The maximum absolute atomic E-state index is 13.1. The second-order valence-corrected chi connectivity index (χ2v) is 9.84. The summed E-state index contributed by atoms with van der Waals surface area (Å²) in [5, 5.41) is 9.07. The second-order valence-electron chi connectivity index (χ2n) is 8.78. The van der Waals surface area contributed by atoms with Gasteiger partial charge in [-0.3, -0.25) is 9.69 Å². The van der Waals surface area contributed by atoms with E-state index in [1.165, 1.54) is 35.7 Å². The molecule has 0 fully saturated rings. The van der Waals surface area contributed by atoms with Crippen molar-refractivity contribution < 1.29 is 22.7 Å². The first kappa shape index (κ1) is 25.0. The first-order chi connectivity index (χ1) is 16.5. The SMILES string of the molecule is CC(=O)N1c2ccc(C)cc2-c2nnc(SCCC(C)C)nc2O[C@@H]1c1ccc(C(F)(F)F)cc1. The van der Waals surface area contributed by atoms with E-state index < -0.39 is 18.0 Å². The van der Waals surface area contributed by atoms with Gasteiger partial charge in [-0.05, 0) is 43.5 Å². The minimum atomic E-state index is -4.47. The number of rotatable bonds is 5. The minimum Gasteiger partial charge on any atom is -0.447 e. The Morgan fingerprint density at radius 3 is 2.49 bits per heavy atom. The molecular formula is C25H25F3N4O2S. The standard InChI is InChI=1S/C25H25F3N4O2S/c1-14(2)11-12-35-24-29-22-21(30-31-24)19-13-15(3)5-10-20(19)32(16(4)33)23(34-22)17-6-8-18(9-7-17)25(26,27)28/h5-10,13-14,23H,11-12H2,1-4H3/t23-/m1/s1. The third kappa shape index (κ3) is 5.42. The number of ether oxygens (including phenoxy) is 1. The lowest BCUT2D eigenvalue weighted by Crippen LogP contribution is -2.36. The molecule has 0 radical (unpaired) electrons. The fraction of sp³-hybridized carbons (Fsp3) is 0.360. The molecule has 0 saturated carbocycles. The van der Waals surface area contributed by atoms with Gasteiger partial charge in [-0.2, -0.15) is 18.2 Å². The van der Waals surface area contributed by atoms with Crippen molar-refractivity contribution in [1.29, 1.82) is 0 Å². The largest absolute Gasteiger partial charge is 0.447 e. The van der Waals surface area contributed by atoms with E-state index in [4.69, 9.17) is 4.74 Å². The molecule has 3 aromatic rings. The average molecular weight is 503 g/mol. The number of halogens is 3. The highest BCUT2D eigenvalue weighted by Gasteiger charge is 2.36. The van der Waals surface area contributed by atoms with Gasteiger partial charge in [-0.15, -0.1) is 10.2 Å². The number of amides is 1. The van der Waals surface area contributed by atoms with Crippen LogP contribution in [0.1, 0.15) is 50.1 Å². The van der Waals surface area contributed by atoms with Gasteiger partial charge >= 0.3 is 6.18 Å². The molecule has 2 heterocycles. The zero-order valence-electron chi connectivity index (χ0n) is 19.8. The molecule has 1 aliphatic rings. The summed E-state index contributed by atoms with van der Waals surface area (Å²) in [7, 11) is 0.